The van der Waals surface area contributed by atoms with Gasteiger partial charge in [-0.2, -0.15) is 4.98 Å². The number of amides is 1. The molecule has 1 amide bonds. The number of aromatic nitrogens is 4. The van der Waals surface area contributed by atoms with Crippen LogP contribution < -0.4 is 16.2 Å². The average Bonchev–Trinajstić information content (AvgIpc) is 3.52. The third kappa shape index (κ3) is 10.1. The molecule has 1 aliphatic rings. The maximum Gasteiger partial charge on any atom is 0.273 e. The summed E-state index contributed by atoms with van der Waals surface area (Å²) < 4.78 is 16.3. The predicted octanol–water partition coefficient (Wildman–Crippen LogP) is 1.88. The summed E-state index contributed by atoms with van der Waals surface area (Å²) in [6, 6.07) is 5.56. The number of carbonyl (C=O) groups is 1. The van der Waals surface area contributed by atoms with Gasteiger partial charge in [0.2, 0.25) is 12.4 Å². The van der Waals surface area contributed by atoms with E-state index in [1.165, 1.54) is 0 Å². The molecule has 4 heterocycles. The number of piperidine rings is 1. The van der Waals surface area contributed by atoms with Gasteiger partial charge in [-0.05, 0) is 30.8 Å². The van der Waals surface area contributed by atoms with E-state index in [2.05, 4.69) is 35.5 Å². The van der Waals surface area contributed by atoms with Crippen LogP contribution in [0, 0.1) is 0 Å². The Morgan fingerprint density at radius 1 is 1.07 bits per heavy atom. The van der Waals surface area contributed by atoms with Crippen LogP contribution in [0.1, 0.15) is 30.1 Å². The fourth-order valence-corrected chi connectivity index (χ4v) is 5.11. The summed E-state index contributed by atoms with van der Waals surface area (Å²) in [6.07, 6.45) is 6.38. The topological polar surface area (TPSA) is 144 Å². The first-order valence-electron chi connectivity index (χ1n) is 13.5. The van der Waals surface area contributed by atoms with Gasteiger partial charge in [0.25, 0.3) is 5.56 Å². The zero-order valence-corrected chi connectivity index (χ0v) is 23.4. The van der Waals surface area contributed by atoms with E-state index < -0.39 is 0 Å². The number of nitrogens with zero attached hydrogens (tertiary/aromatic N) is 4. The Hall–Kier alpha value is -3.23. The molecule has 0 bridgehead atoms. The highest BCUT2D eigenvalue weighted by Gasteiger charge is 2.24. The lowest BCUT2D eigenvalue weighted by Gasteiger charge is -2.32. The molecule has 0 spiro atoms. The Labute approximate surface area is 237 Å². The lowest BCUT2D eigenvalue weighted by atomic mass is 9.96. The molecular weight excluding hydrogens is 534 g/mol. The molecule has 216 valence electrons. The Kier molecular flexibility index (Phi) is 12.5. The van der Waals surface area contributed by atoms with E-state index in [1.807, 2.05) is 29.9 Å². The molecule has 1 fully saturated rings. The van der Waals surface area contributed by atoms with Crippen LogP contribution >= 0.6 is 11.3 Å². The molecule has 3 aromatic heterocycles. The summed E-state index contributed by atoms with van der Waals surface area (Å²) in [5.74, 6) is 1.51. The maximum absolute atomic E-state index is 12.3. The molecule has 12 nitrogen and oxygen atoms in total. The quantitative estimate of drug-likeness (QED) is 0.153. The monoisotopic (exact) mass is 571 g/mol. The van der Waals surface area contributed by atoms with Crippen molar-refractivity contribution in [2.75, 3.05) is 71.1 Å². The first-order chi connectivity index (χ1) is 19.7. The zero-order valence-electron chi connectivity index (χ0n) is 22.5. The number of nitrogens with one attached hydrogen (secondary N) is 3. The van der Waals surface area contributed by atoms with Gasteiger partial charge in [-0.15, -0.1) is 11.3 Å². The fraction of sp³-hybridized carbons (Fsp3) is 0.519. The minimum atomic E-state index is -0.202. The summed E-state index contributed by atoms with van der Waals surface area (Å²) in [7, 11) is 0. The summed E-state index contributed by atoms with van der Waals surface area (Å²) in [6.45, 7) is 6.58. The van der Waals surface area contributed by atoms with Gasteiger partial charge in [0.1, 0.15) is 5.82 Å². The van der Waals surface area contributed by atoms with E-state index in [0.717, 1.165) is 54.4 Å². The molecule has 3 N–H and O–H groups in total. The Morgan fingerprint density at radius 2 is 1.82 bits per heavy atom. The second-order valence-corrected chi connectivity index (χ2v) is 10.3. The molecule has 0 aliphatic carbocycles. The third-order valence-corrected chi connectivity index (χ3v) is 7.20. The van der Waals surface area contributed by atoms with Crippen LogP contribution in [-0.4, -0.2) is 97.1 Å². The van der Waals surface area contributed by atoms with E-state index in [9.17, 15) is 9.59 Å². The average molecular weight is 572 g/mol. The molecule has 13 heteroatoms. The number of hydrogen-bond donors (Lipinski definition) is 3. The van der Waals surface area contributed by atoms with Gasteiger partial charge in [0.05, 0.1) is 50.2 Å². The summed E-state index contributed by atoms with van der Waals surface area (Å²) in [5.41, 5.74) is 1.67. The molecule has 1 atom stereocenters. The highest BCUT2D eigenvalue weighted by molar-refractivity contribution is 7.13. The number of carbonyl (C=O) groups excluding carboxylic acids is 1. The molecule has 0 radical (unpaired) electrons. The maximum atomic E-state index is 12.3. The van der Waals surface area contributed by atoms with E-state index in [4.69, 9.17) is 14.2 Å². The van der Waals surface area contributed by atoms with Crippen molar-refractivity contribution in [2.45, 2.75) is 25.3 Å². The third-order valence-electron chi connectivity index (χ3n) is 6.30. The zero-order chi connectivity index (χ0) is 27.8. The van der Waals surface area contributed by atoms with Crippen LogP contribution in [0.4, 0.5) is 5.95 Å². The Morgan fingerprint density at radius 3 is 2.55 bits per heavy atom. The van der Waals surface area contributed by atoms with Crippen LogP contribution in [-0.2, 0) is 25.5 Å². The number of rotatable bonds is 18. The molecule has 1 aliphatic heterocycles. The molecule has 40 heavy (non-hydrogen) atoms. The molecule has 1 unspecified atom stereocenters. The second-order valence-electron chi connectivity index (χ2n) is 9.32. The number of ether oxygens (including phenoxy) is 3. The molecule has 0 aromatic carbocycles. The van der Waals surface area contributed by atoms with Gasteiger partial charge in [0, 0.05) is 56.1 Å². The van der Waals surface area contributed by atoms with Crippen molar-refractivity contribution in [1.82, 2.24) is 30.2 Å². The van der Waals surface area contributed by atoms with E-state index >= 15 is 0 Å². The largest absolute Gasteiger partial charge is 0.377 e. The van der Waals surface area contributed by atoms with Crippen LogP contribution in [0.15, 0.2) is 40.8 Å². The van der Waals surface area contributed by atoms with Crippen molar-refractivity contribution in [1.29, 1.82) is 0 Å². The first-order valence-corrected chi connectivity index (χ1v) is 14.4. The van der Waals surface area contributed by atoms with Gasteiger partial charge in [0.15, 0.2) is 0 Å². The van der Waals surface area contributed by atoms with Crippen molar-refractivity contribution in [3.05, 3.63) is 57.7 Å². The second kappa shape index (κ2) is 16.8. The number of aromatic amines is 1. The summed E-state index contributed by atoms with van der Waals surface area (Å²) >= 11 is 1.61. The van der Waals surface area contributed by atoms with Crippen molar-refractivity contribution < 1.29 is 19.0 Å². The minimum Gasteiger partial charge on any atom is -0.377 e. The van der Waals surface area contributed by atoms with Crippen LogP contribution in [0.5, 0.6) is 0 Å². The van der Waals surface area contributed by atoms with Crippen LogP contribution in [0.2, 0.25) is 0 Å². The SMILES string of the molecule is O=CNCCOCCOCCOCCNc1ncc(CN2CCCC(c3nc(=O)cc(-c4cccs4)[nH]3)C2)cn1. The highest BCUT2D eigenvalue weighted by Crippen LogP contribution is 2.27. The Balaban J connectivity index is 1.12. The first kappa shape index (κ1) is 29.7. The van der Waals surface area contributed by atoms with Gasteiger partial charge < -0.3 is 29.8 Å². The lowest BCUT2D eigenvalue weighted by Crippen LogP contribution is -2.35. The molecule has 0 saturated carbocycles. The molecule has 1 saturated heterocycles. The minimum absolute atomic E-state index is 0.179. The van der Waals surface area contributed by atoms with Crippen molar-refractivity contribution in [3.63, 3.8) is 0 Å². The fourth-order valence-electron chi connectivity index (χ4n) is 4.41. The number of H-pyrrole nitrogens is 1. The lowest BCUT2D eigenvalue weighted by molar-refractivity contribution is -0.109. The van der Waals surface area contributed by atoms with E-state index in [1.54, 1.807) is 17.4 Å². The van der Waals surface area contributed by atoms with Crippen LogP contribution in [0.3, 0.4) is 0 Å². The standard InChI is InChI=1S/C27H37N7O5S/c35-20-28-5-8-37-10-12-39-13-11-38-9-6-29-27-30-16-21(17-31-27)18-34-7-1-3-22(19-34)26-32-23(15-25(36)33-26)24-4-2-14-40-24/h2,4,14-17,20,22H,1,3,5-13,18-19H2,(H,28,35)(H,29,30,31)(H,32,33,36). The number of hydrogen-bond acceptors (Lipinski definition) is 11. The number of anilines is 1. The number of thiophene rings is 1. The molecule has 4 rings (SSSR count). The molecular formula is C27H37N7O5S. The van der Waals surface area contributed by atoms with Crippen molar-refractivity contribution >= 4 is 23.7 Å². The molecule has 3 aromatic rings. The van der Waals surface area contributed by atoms with Gasteiger partial charge in [-0.1, -0.05) is 6.07 Å². The van der Waals surface area contributed by atoms with Gasteiger partial charge in [-0.25, -0.2) is 9.97 Å². The van der Waals surface area contributed by atoms with Gasteiger partial charge in [-0.3, -0.25) is 14.5 Å². The van der Waals surface area contributed by atoms with Gasteiger partial charge >= 0.3 is 0 Å². The number of likely N-dealkylation sites (tertiary alicyclic amines) is 1. The predicted molar refractivity (Wildman–Crippen MR) is 152 cm³/mol. The highest BCUT2D eigenvalue weighted by atomic mass is 32.1. The smallest absolute Gasteiger partial charge is 0.273 e. The summed E-state index contributed by atoms with van der Waals surface area (Å²) in [4.78, 5) is 42.4. The summed E-state index contributed by atoms with van der Waals surface area (Å²) in [5, 5.41) is 7.70. The van der Waals surface area contributed by atoms with Crippen LogP contribution in [0.25, 0.3) is 10.6 Å². The Bertz CT molecular complexity index is 1190. The normalized spacial score (nSPS) is 15.7. The van der Waals surface area contributed by atoms with Crippen molar-refractivity contribution in [2.24, 2.45) is 0 Å². The van der Waals surface area contributed by atoms with Crippen molar-refractivity contribution in [3.8, 4) is 10.6 Å². The van der Waals surface area contributed by atoms with E-state index in [0.29, 0.717) is 65.1 Å². The van der Waals surface area contributed by atoms with E-state index in [-0.39, 0.29) is 11.5 Å².